The molecule has 0 bridgehead atoms. The highest BCUT2D eigenvalue weighted by Gasteiger charge is 2.32. The lowest BCUT2D eigenvalue weighted by molar-refractivity contribution is -0.137. The van der Waals surface area contributed by atoms with E-state index in [0.717, 1.165) is 19.3 Å². The molecule has 0 aliphatic heterocycles. The van der Waals surface area contributed by atoms with Crippen LogP contribution in [0.25, 0.3) is 0 Å². The lowest BCUT2D eigenvalue weighted by atomic mass is 9.93. The average molecular weight is 242 g/mol. The highest BCUT2D eigenvalue weighted by atomic mass is 16.4. The highest BCUT2D eigenvalue weighted by Crippen LogP contribution is 2.33. The van der Waals surface area contributed by atoms with Gasteiger partial charge in [-0.15, -0.1) is 0 Å². The molecule has 98 valence electrons. The summed E-state index contributed by atoms with van der Waals surface area (Å²) in [4.78, 5) is 23.4. The van der Waals surface area contributed by atoms with E-state index in [9.17, 15) is 9.59 Å². The van der Waals surface area contributed by atoms with Crippen molar-refractivity contribution in [2.75, 3.05) is 13.6 Å². The number of amides is 2. The summed E-state index contributed by atoms with van der Waals surface area (Å²) in [5.41, 5.74) is 0. The number of nitrogens with one attached hydrogen (secondary N) is 1. The third-order valence-corrected chi connectivity index (χ3v) is 3.78. The van der Waals surface area contributed by atoms with Crippen molar-refractivity contribution >= 4 is 12.0 Å². The topological polar surface area (TPSA) is 69.6 Å². The van der Waals surface area contributed by atoms with Gasteiger partial charge >= 0.3 is 12.0 Å². The van der Waals surface area contributed by atoms with E-state index in [-0.39, 0.29) is 18.6 Å². The van der Waals surface area contributed by atoms with E-state index >= 15 is 0 Å². The zero-order valence-corrected chi connectivity index (χ0v) is 10.8. The number of aliphatic carboxylic acids is 1. The van der Waals surface area contributed by atoms with Gasteiger partial charge in [0.1, 0.15) is 6.54 Å². The van der Waals surface area contributed by atoms with Crippen LogP contribution < -0.4 is 5.32 Å². The van der Waals surface area contributed by atoms with Gasteiger partial charge in [0.25, 0.3) is 0 Å². The Morgan fingerprint density at radius 2 is 2.06 bits per heavy atom. The monoisotopic (exact) mass is 242 g/mol. The quantitative estimate of drug-likeness (QED) is 0.785. The summed E-state index contributed by atoms with van der Waals surface area (Å²) in [5.74, 6) is 0.154. The standard InChI is InChI=1S/C12H22N2O3/c1-4-9-5-6-10(8(9)2)13-12(17)14(3)7-11(15)16/h8-10H,4-7H2,1-3H3,(H,13,17)(H,15,16). The Kier molecular flexibility index (Phi) is 4.78. The van der Waals surface area contributed by atoms with Crippen LogP contribution in [0.4, 0.5) is 4.79 Å². The summed E-state index contributed by atoms with van der Waals surface area (Å²) in [6.45, 7) is 4.06. The minimum atomic E-state index is -0.992. The number of carboxylic acids is 1. The number of likely N-dealkylation sites (N-methyl/N-ethyl adjacent to an activating group) is 1. The molecule has 1 aliphatic carbocycles. The molecule has 2 N–H and O–H groups in total. The van der Waals surface area contributed by atoms with Crippen LogP contribution >= 0.6 is 0 Å². The largest absolute Gasteiger partial charge is 0.480 e. The lowest BCUT2D eigenvalue weighted by Gasteiger charge is -2.24. The van der Waals surface area contributed by atoms with Crippen molar-refractivity contribution in [3.8, 4) is 0 Å². The SMILES string of the molecule is CCC1CCC(NC(=O)N(C)CC(=O)O)C1C. The lowest BCUT2D eigenvalue weighted by Crippen LogP contribution is -2.46. The molecule has 3 unspecified atom stereocenters. The summed E-state index contributed by atoms with van der Waals surface area (Å²) in [5, 5.41) is 11.5. The Balaban J connectivity index is 2.44. The van der Waals surface area contributed by atoms with Crippen LogP contribution in [0.1, 0.15) is 33.1 Å². The molecule has 0 spiro atoms. The first-order valence-electron chi connectivity index (χ1n) is 6.19. The number of hydrogen-bond donors (Lipinski definition) is 2. The molecular weight excluding hydrogens is 220 g/mol. The Morgan fingerprint density at radius 3 is 2.53 bits per heavy atom. The number of nitrogens with zero attached hydrogens (tertiary/aromatic N) is 1. The third kappa shape index (κ3) is 3.61. The predicted molar refractivity (Wildman–Crippen MR) is 64.8 cm³/mol. The van der Waals surface area contributed by atoms with Crippen LogP contribution in [0.15, 0.2) is 0 Å². The molecular formula is C12H22N2O3. The molecule has 5 heteroatoms. The molecule has 1 aliphatic rings. The number of carbonyl (C=O) groups is 2. The molecule has 1 rings (SSSR count). The Hall–Kier alpha value is -1.26. The van der Waals surface area contributed by atoms with Crippen molar-refractivity contribution in [3.63, 3.8) is 0 Å². The van der Waals surface area contributed by atoms with E-state index in [2.05, 4.69) is 19.2 Å². The molecule has 0 aromatic heterocycles. The number of rotatable bonds is 4. The molecule has 0 radical (unpaired) electrons. The summed E-state index contributed by atoms with van der Waals surface area (Å²) in [7, 11) is 1.50. The van der Waals surface area contributed by atoms with Gasteiger partial charge in [0.05, 0.1) is 0 Å². The second kappa shape index (κ2) is 5.89. The Morgan fingerprint density at radius 1 is 1.41 bits per heavy atom. The zero-order valence-electron chi connectivity index (χ0n) is 10.8. The first-order chi connectivity index (χ1) is 7.95. The average Bonchev–Trinajstić information content (AvgIpc) is 2.59. The van der Waals surface area contributed by atoms with Crippen molar-refractivity contribution in [3.05, 3.63) is 0 Å². The summed E-state index contributed by atoms with van der Waals surface area (Å²) < 4.78 is 0. The van der Waals surface area contributed by atoms with E-state index in [1.54, 1.807) is 0 Å². The van der Waals surface area contributed by atoms with E-state index < -0.39 is 5.97 Å². The van der Waals surface area contributed by atoms with Gasteiger partial charge in [0.2, 0.25) is 0 Å². The maximum atomic E-state index is 11.7. The van der Waals surface area contributed by atoms with Gasteiger partial charge in [-0.05, 0) is 24.7 Å². The summed E-state index contributed by atoms with van der Waals surface area (Å²) in [6.07, 6.45) is 3.27. The summed E-state index contributed by atoms with van der Waals surface area (Å²) in [6, 6.07) is -0.107. The van der Waals surface area contributed by atoms with Crippen molar-refractivity contribution in [2.45, 2.75) is 39.2 Å². The normalized spacial score (nSPS) is 27.8. The van der Waals surface area contributed by atoms with E-state index in [1.165, 1.54) is 11.9 Å². The fourth-order valence-corrected chi connectivity index (χ4v) is 2.57. The Bertz CT molecular complexity index is 293. The maximum Gasteiger partial charge on any atom is 0.323 e. The third-order valence-electron chi connectivity index (χ3n) is 3.78. The van der Waals surface area contributed by atoms with Crippen molar-refractivity contribution in [1.29, 1.82) is 0 Å². The van der Waals surface area contributed by atoms with E-state index in [1.807, 2.05) is 0 Å². The van der Waals surface area contributed by atoms with Crippen LogP contribution in [-0.4, -0.2) is 41.6 Å². The van der Waals surface area contributed by atoms with Crippen LogP contribution in [0.3, 0.4) is 0 Å². The second-order valence-corrected chi connectivity index (χ2v) is 4.91. The first kappa shape index (κ1) is 13.8. The fraction of sp³-hybridized carbons (Fsp3) is 0.833. The minimum absolute atomic E-state index is 0.184. The van der Waals surface area contributed by atoms with E-state index in [4.69, 9.17) is 5.11 Å². The van der Waals surface area contributed by atoms with Gasteiger partial charge in [-0.1, -0.05) is 20.3 Å². The molecule has 0 aromatic carbocycles. The number of carbonyl (C=O) groups excluding carboxylic acids is 1. The molecule has 0 aromatic rings. The van der Waals surface area contributed by atoms with Crippen LogP contribution in [0.5, 0.6) is 0 Å². The minimum Gasteiger partial charge on any atom is -0.480 e. The molecule has 1 saturated carbocycles. The first-order valence-corrected chi connectivity index (χ1v) is 6.19. The van der Waals surface area contributed by atoms with Gasteiger partial charge in [0, 0.05) is 13.1 Å². The molecule has 0 saturated heterocycles. The van der Waals surface area contributed by atoms with Gasteiger partial charge in [-0.25, -0.2) is 4.79 Å². The van der Waals surface area contributed by atoms with Crippen LogP contribution in [-0.2, 0) is 4.79 Å². The van der Waals surface area contributed by atoms with Crippen molar-refractivity contribution in [2.24, 2.45) is 11.8 Å². The molecule has 17 heavy (non-hydrogen) atoms. The van der Waals surface area contributed by atoms with Crippen LogP contribution in [0.2, 0.25) is 0 Å². The van der Waals surface area contributed by atoms with Gasteiger partial charge in [-0.2, -0.15) is 0 Å². The predicted octanol–water partition coefficient (Wildman–Crippen LogP) is 1.54. The van der Waals surface area contributed by atoms with E-state index in [0.29, 0.717) is 11.8 Å². The van der Waals surface area contributed by atoms with Crippen LogP contribution in [0, 0.1) is 11.8 Å². The molecule has 1 fully saturated rings. The fourth-order valence-electron chi connectivity index (χ4n) is 2.57. The van der Waals surface area contributed by atoms with Crippen molar-refractivity contribution < 1.29 is 14.7 Å². The zero-order chi connectivity index (χ0) is 13.0. The highest BCUT2D eigenvalue weighted by molar-refractivity contribution is 5.80. The molecule has 0 heterocycles. The smallest absolute Gasteiger partial charge is 0.323 e. The summed E-state index contributed by atoms with van der Waals surface area (Å²) >= 11 is 0. The van der Waals surface area contributed by atoms with Gasteiger partial charge in [-0.3, -0.25) is 4.79 Å². The number of urea groups is 1. The maximum absolute atomic E-state index is 11.7. The number of carboxylic acid groups (broad SMARTS) is 1. The molecule has 2 amide bonds. The molecule has 3 atom stereocenters. The van der Waals surface area contributed by atoms with Gasteiger partial charge < -0.3 is 15.3 Å². The Labute approximate surface area is 102 Å². The molecule has 5 nitrogen and oxygen atoms in total. The van der Waals surface area contributed by atoms with Crippen molar-refractivity contribution in [1.82, 2.24) is 10.2 Å². The second-order valence-electron chi connectivity index (χ2n) is 4.91. The number of hydrogen-bond acceptors (Lipinski definition) is 2. The van der Waals surface area contributed by atoms with Gasteiger partial charge in [0.15, 0.2) is 0 Å².